The van der Waals surface area contributed by atoms with Crippen LogP contribution in [-0.2, 0) is 18.8 Å². The van der Waals surface area contributed by atoms with E-state index in [0.29, 0.717) is 6.61 Å². The number of carbonyl (C=O) groups excluding carboxylic acids is 1. The van der Waals surface area contributed by atoms with Crippen LogP contribution in [0, 0.1) is 0 Å². The summed E-state index contributed by atoms with van der Waals surface area (Å²) in [6.07, 6.45) is 0.133. The Kier molecular flexibility index (Phi) is 5.06. The minimum atomic E-state index is -0.578. The van der Waals surface area contributed by atoms with E-state index in [1.54, 1.807) is 25.1 Å². The summed E-state index contributed by atoms with van der Waals surface area (Å²) in [7, 11) is -0.578. The van der Waals surface area contributed by atoms with Crippen LogP contribution in [0.25, 0.3) is 0 Å². The van der Waals surface area contributed by atoms with Crippen molar-refractivity contribution >= 4 is 13.1 Å². The third-order valence-electron chi connectivity index (χ3n) is 4.59. The molecule has 1 aliphatic rings. The molecule has 1 atom stereocenters. The molecular weight excluding hydrogens is 295 g/mol. The van der Waals surface area contributed by atoms with Gasteiger partial charge in [0.15, 0.2) is 0 Å². The van der Waals surface area contributed by atoms with Crippen molar-refractivity contribution in [1.82, 2.24) is 0 Å². The average Bonchev–Trinajstić information content (AvgIpc) is 2.65. The Morgan fingerprint density at radius 1 is 1.26 bits per heavy atom. The molecule has 1 aromatic rings. The van der Waals surface area contributed by atoms with E-state index in [0.717, 1.165) is 5.56 Å². The van der Waals surface area contributed by atoms with Crippen LogP contribution in [0.3, 0.4) is 0 Å². The summed E-state index contributed by atoms with van der Waals surface area (Å²) in [6.45, 7) is 9.98. The number of ether oxygens (including phenoxy) is 1. The number of hydrogen-bond acceptors (Lipinski definition) is 5. The van der Waals surface area contributed by atoms with E-state index in [1.165, 1.54) is 0 Å². The highest BCUT2D eigenvalue weighted by Crippen LogP contribution is 2.42. The molecule has 0 radical (unpaired) electrons. The predicted octanol–water partition coefficient (Wildman–Crippen LogP) is 3.06. The zero-order valence-corrected chi connectivity index (χ0v) is 14.5. The van der Waals surface area contributed by atoms with Gasteiger partial charge in [0.2, 0.25) is 0 Å². The smallest absolute Gasteiger partial charge is 0.466 e. The van der Waals surface area contributed by atoms with E-state index >= 15 is 0 Å². The molecule has 0 saturated carbocycles. The second-order valence-electron chi connectivity index (χ2n) is 6.84. The number of esters is 1. The van der Waals surface area contributed by atoms with Gasteiger partial charge in [0.05, 0.1) is 24.2 Å². The molecule has 1 saturated heterocycles. The van der Waals surface area contributed by atoms with Gasteiger partial charge in [-0.25, -0.2) is 0 Å². The first-order valence-electron chi connectivity index (χ1n) is 7.96. The fraction of sp³-hybridized carbons (Fsp3) is 0.588. The summed E-state index contributed by atoms with van der Waals surface area (Å²) in [5.74, 6) is -0.509. The number of phenols is 1. The van der Waals surface area contributed by atoms with Crippen LogP contribution in [-0.4, -0.2) is 36.0 Å². The number of phenolic OH excluding ortho intramolecular Hbond substituents is 1. The van der Waals surface area contributed by atoms with E-state index in [4.69, 9.17) is 14.0 Å². The number of rotatable bonds is 5. The van der Waals surface area contributed by atoms with Crippen molar-refractivity contribution in [2.75, 3.05) is 6.61 Å². The van der Waals surface area contributed by atoms with Gasteiger partial charge in [-0.05, 0) is 52.3 Å². The molecule has 1 heterocycles. The zero-order chi connectivity index (χ0) is 17.3. The highest BCUT2D eigenvalue weighted by Gasteiger charge is 2.54. The molecule has 0 spiro atoms. The lowest BCUT2D eigenvalue weighted by atomic mass is 9.66. The second kappa shape index (κ2) is 6.53. The summed E-state index contributed by atoms with van der Waals surface area (Å²) in [5.41, 5.74) is -0.181. The van der Waals surface area contributed by atoms with Crippen LogP contribution in [0.5, 0.6) is 5.75 Å². The first kappa shape index (κ1) is 17.8. The van der Waals surface area contributed by atoms with E-state index in [1.807, 2.05) is 33.8 Å². The van der Waals surface area contributed by atoms with Crippen molar-refractivity contribution in [2.45, 2.75) is 58.1 Å². The Balaban J connectivity index is 2.29. The van der Waals surface area contributed by atoms with Crippen LogP contribution in [0.1, 0.15) is 52.4 Å². The summed E-state index contributed by atoms with van der Waals surface area (Å²) >= 11 is 0. The first-order chi connectivity index (χ1) is 10.7. The summed E-state index contributed by atoms with van der Waals surface area (Å²) in [6, 6.07) is 6.83. The van der Waals surface area contributed by atoms with Crippen LogP contribution >= 0.6 is 0 Å². The molecule has 5 nitrogen and oxygen atoms in total. The minimum absolute atomic E-state index is 0.133. The second-order valence-corrected chi connectivity index (χ2v) is 6.84. The fourth-order valence-corrected chi connectivity index (χ4v) is 2.58. The van der Waals surface area contributed by atoms with Crippen molar-refractivity contribution in [3.05, 3.63) is 29.8 Å². The molecule has 0 bridgehead atoms. The Hall–Kier alpha value is -1.53. The van der Waals surface area contributed by atoms with E-state index in [-0.39, 0.29) is 24.0 Å². The van der Waals surface area contributed by atoms with Gasteiger partial charge in [0, 0.05) is 5.82 Å². The number of carbonyl (C=O) groups is 1. The molecule has 1 unspecified atom stereocenters. The maximum atomic E-state index is 12.0. The highest BCUT2D eigenvalue weighted by atomic mass is 16.7. The molecule has 1 fully saturated rings. The van der Waals surface area contributed by atoms with Gasteiger partial charge in [-0.3, -0.25) is 4.79 Å². The molecule has 1 aromatic carbocycles. The maximum Gasteiger partial charge on any atom is 0.466 e. The monoisotopic (exact) mass is 320 g/mol. The van der Waals surface area contributed by atoms with Gasteiger partial charge in [-0.15, -0.1) is 0 Å². The molecule has 0 aromatic heterocycles. The third-order valence-corrected chi connectivity index (χ3v) is 4.59. The van der Waals surface area contributed by atoms with Gasteiger partial charge in [-0.2, -0.15) is 0 Å². The molecule has 2 rings (SSSR count). The van der Waals surface area contributed by atoms with Gasteiger partial charge < -0.3 is 19.2 Å². The van der Waals surface area contributed by atoms with Gasteiger partial charge in [0.1, 0.15) is 5.75 Å². The number of benzene rings is 1. The van der Waals surface area contributed by atoms with Crippen LogP contribution in [0.2, 0.25) is 0 Å². The van der Waals surface area contributed by atoms with Gasteiger partial charge in [-0.1, -0.05) is 12.1 Å². The first-order valence-corrected chi connectivity index (χ1v) is 7.96. The molecule has 0 amide bonds. The van der Waals surface area contributed by atoms with Crippen molar-refractivity contribution in [2.24, 2.45) is 0 Å². The molecular formula is C17H25BO5. The average molecular weight is 320 g/mol. The SMILES string of the molecule is CCOC(=O)CC(B1OC(C)(C)C(C)(C)O1)c1cccc(O)c1. The summed E-state index contributed by atoms with van der Waals surface area (Å²) < 4.78 is 17.3. The largest absolute Gasteiger partial charge is 0.508 e. The van der Waals surface area contributed by atoms with Crippen LogP contribution in [0.4, 0.5) is 0 Å². The molecule has 0 aliphatic carbocycles. The van der Waals surface area contributed by atoms with Crippen molar-refractivity contribution in [3.8, 4) is 5.75 Å². The van der Waals surface area contributed by atoms with Gasteiger partial charge in [0.25, 0.3) is 0 Å². The number of aromatic hydroxyl groups is 1. The number of hydrogen-bond donors (Lipinski definition) is 1. The van der Waals surface area contributed by atoms with Crippen LogP contribution < -0.4 is 0 Å². The normalized spacial score (nSPS) is 20.3. The minimum Gasteiger partial charge on any atom is -0.508 e. The van der Waals surface area contributed by atoms with Crippen molar-refractivity contribution in [3.63, 3.8) is 0 Å². The predicted molar refractivity (Wildman–Crippen MR) is 88.2 cm³/mol. The topological polar surface area (TPSA) is 65.0 Å². The van der Waals surface area contributed by atoms with E-state index < -0.39 is 18.3 Å². The Morgan fingerprint density at radius 2 is 1.87 bits per heavy atom. The standard InChI is InChI=1S/C17H25BO5/c1-6-21-15(20)11-14(12-8-7-9-13(19)10-12)18-22-16(2,3)17(4,5)23-18/h7-10,14,19H,6,11H2,1-5H3. The lowest BCUT2D eigenvalue weighted by Crippen LogP contribution is -2.41. The molecule has 23 heavy (non-hydrogen) atoms. The Morgan fingerprint density at radius 3 is 2.39 bits per heavy atom. The van der Waals surface area contributed by atoms with Gasteiger partial charge >= 0.3 is 13.1 Å². The van der Waals surface area contributed by atoms with E-state index in [2.05, 4.69) is 0 Å². The Bertz CT molecular complexity index is 554. The van der Waals surface area contributed by atoms with Crippen LogP contribution in [0.15, 0.2) is 24.3 Å². The summed E-state index contributed by atoms with van der Waals surface area (Å²) in [4.78, 5) is 12.0. The molecule has 1 N–H and O–H groups in total. The molecule has 1 aliphatic heterocycles. The highest BCUT2D eigenvalue weighted by molar-refractivity contribution is 6.48. The lowest BCUT2D eigenvalue weighted by Gasteiger charge is -2.32. The third kappa shape index (κ3) is 3.87. The van der Waals surface area contributed by atoms with Crippen molar-refractivity contribution < 1.29 is 23.9 Å². The zero-order valence-electron chi connectivity index (χ0n) is 14.5. The molecule has 6 heteroatoms. The maximum absolute atomic E-state index is 12.0. The quantitative estimate of drug-likeness (QED) is 0.667. The van der Waals surface area contributed by atoms with E-state index in [9.17, 15) is 9.90 Å². The summed E-state index contributed by atoms with van der Waals surface area (Å²) in [5, 5.41) is 9.75. The molecule has 126 valence electrons. The lowest BCUT2D eigenvalue weighted by molar-refractivity contribution is -0.143. The fourth-order valence-electron chi connectivity index (χ4n) is 2.58. The Labute approximate surface area is 138 Å². The van der Waals surface area contributed by atoms with Crippen molar-refractivity contribution in [1.29, 1.82) is 0 Å².